The average molecular weight is 176 g/mol. The van der Waals surface area contributed by atoms with E-state index in [2.05, 4.69) is 10.3 Å². The molecule has 2 N–H and O–H groups in total. The van der Waals surface area contributed by atoms with Crippen LogP contribution in [0, 0.1) is 0 Å². The highest BCUT2D eigenvalue weighted by Gasteiger charge is 2.16. The van der Waals surface area contributed by atoms with E-state index in [0.29, 0.717) is 0 Å². The number of fused-ring (bicyclic) bond motifs is 1. The molecule has 3 heteroatoms. The fourth-order valence-corrected chi connectivity index (χ4v) is 1.42. The summed E-state index contributed by atoms with van der Waals surface area (Å²) >= 11 is 0. The van der Waals surface area contributed by atoms with Crippen LogP contribution in [-0.4, -0.2) is 10.9 Å². The monoisotopic (exact) mass is 176 g/mol. The molecule has 3 nitrogen and oxygen atoms in total. The minimum Gasteiger partial charge on any atom is -0.368 e. The summed E-state index contributed by atoms with van der Waals surface area (Å²) in [5.74, 6) is 0.839. The predicted octanol–water partition coefficient (Wildman–Crippen LogP) is 1.91. The van der Waals surface area contributed by atoms with Crippen molar-refractivity contribution in [1.82, 2.24) is 0 Å². The van der Waals surface area contributed by atoms with Crippen LogP contribution in [0.4, 0.5) is 5.69 Å². The van der Waals surface area contributed by atoms with E-state index in [0.717, 1.165) is 23.5 Å². The van der Waals surface area contributed by atoms with Crippen molar-refractivity contribution in [2.24, 2.45) is 4.99 Å². The van der Waals surface area contributed by atoms with Gasteiger partial charge in [-0.15, -0.1) is 0 Å². The van der Waals surface area contributed by atoms with Crippen LogP contribution in [0.5, 0.6) is 0 Å². The van der Waals surface area contributed by atoms with Gasteiger partial charge in [-0.3, -0.25) is 0 Å². The lowest BCUT2D eigenvalue weighted by Gasteiger charge is -2.21. The lowest BCUT2D eigenvalue weighted by molar-refractivity contribution is 0.188. The Morgan fingerprint density at radius 3 is 3.00 bits per heavy atom. The van der Waals surface area contributed by atoms with E-state index in [1.54, 1.807) is 0 Å². The Bertz CT molecular complexity index is 347. The van der Waals surface area contributed by atoms with Crippen LogP contribution in [0.1, 0.15) is 25.1 Å². The summed E-state index contributed by atoms with van der Waals surface area (Å²) in [6.45, 7) is 2.01. The Morgan fingerprint density at radius 2 is 2.23 bits per heavy atom. The molecular weight excluding hydrogens is 164 g/mol. The number of aliphatic hydroxyl groups is 1. The summed E-state index contributed by atoms with van der Waals surface area (Å²) in [5.41, 5.74) is 1.81. The molecular formula is C10H12N2O. The molecule has 0 bridgehead atoms. The summed E-state index contributed by atoms with van der Waals surface area (Å²) in [4.78, 5) is 4.10. The molecule has 0 saturated heterocycles. The molecule has 0 aromatic heterocycles. The van der Waals surface area contributed by atoms with Crippen LogP contribution in [-0.2, 0) is 0 Å². The van der Waals surface area contributed by atoms with Gasteiger partial charge in [0.25, 0.3) is 0 Å². The van der Waals surface area contributed by atoms with Crippen molar-refractivity contribution in [2.75, 3.05) is 5.32 Å². The molecule has 68 valence electrons. The number of benzene rings is 1. The maximum absolute atomic E-state index is 9.64. The van der Waals surface area contributed by atoms with E-state index in [1.165, 1.54) is 0 Å². The fraction of sp³-hybridized carbons (Fsp3) is 0.300. The highest BCUT2D eigenvalue weighted by molar-refractivity contribution is 5.97. The molecule has 0 radical (unpaired) electrons. The molecule has 0 spiro atoms. The first-order chi connectivity index (χ1) is 6.31. The van der Waals surface area contributed by atoms with Gasteiger partial charge in [-0.05, 0) is 6.07 Å². The molecule has 1 aliphatic rings. The second-order valence-electron chi connectivity index (χ2n) is 3.02. The topological polar surface area (TPSA) is 44.6 Å². The fourth-order valence-electron chi connectivity index (χ4n) is 1.42. The molecule has 1 atom stereocenters. The van der Waals surface area contributed by atoms with E-state index < -0.39 is 6.23 Å². The van der Waals surface area contributed by atoms with Crippen molar-refractivity contribution >= 4 is 11.5 Å². The minimum atomic E-state index is -0.701. The first-order valence-corrected chi connectivity index (χ1v) is 4.42. The Morgan fingerprint density at radius 1 is 1.46 bits per heavy atom. The summed E-state index contributed by atoms with van der Waals surface area (Å²) in [6.07, 6.45) is 0.109. The minimum absolute atomic E-state index is 0.701. The number of aliphatic hydroxyl groups excluding tert-OH is 1. The van der Waals surface area contributed by atoms with Gasteiger partial charge < -0.3 is 10.4 Å². The zero-order valence-corrected chi connectivity index (χ0v) is 7.49. The lowest BCUT2D eigenvalue weighted by Crippen LogP contribution is -2.19. The summed E-state index contributed by atoms with van der Waals surface area (Å²) in [7, 11) is 0. The van der Waals surface area contributed by atoms with E-state index in [1.807, 2.05) is 31.2 Å². The zero-order valence-electron chi connectivity index (χ0n) is 7.49. The number of anilines is 1. The highest BCUT2D eigenvalue weighted by Crippen LogP contribution is 2.27. The average Bonchev–Trinajstić information content (AvgIpc) is 2.18. The van der Waals surface area contributed by atoms with Crippen LogP contribution in [0.15, 0.2) is 29.3 Å². The highest BCUT2D eigenvalue weighted by atomic mass is 16.3. The van der Waals surface area contributed by atoms with Crippen LogP contribution < -0.4 is 5.32 Å². The number of nitrogens with one attached hydrogen (secondary N) is 1. The number of hydrogen-bond acceptors (Lipinski definition) is 3. The number of para-hydroxylation sites is 1. The number of amidine groups is 1. The molecule has 0 amide bonds. The van der Waals surface area contributed by atoms with E-state index in [9.17, 15) is 5.11 Å². The van der Waals surface area contributed by atoms with Gasteiger partial charge in [-0.25, -0.2) is 4.99 Å². The van der Waals surface area contributed by atoms with Crippen molar-refractivity contribution in [1.29, 1.82) is 0 Å². The van der Waals surface area contributed by atoms with Gasteiger partial charge in [0.2, 0.25) is 0 Å². The molecule has 1 aliphatic heterocycles. The van der Waals surface area contributed by atoms with E-state index in [-0.39, 0.29) is 0 Å². The summed E-state index contributed by atoms with van der Waals surface area (Å²) in [5, 5.41) is 12.8. The molecule has 1 heterocycles. The second-order valence-corrected chi connectivity index (χ2v) is 3.02. The van der Waals surface area contributed by atoms with Crippen molar-refractivity contribution in [2.45, 2.75) is 19.6 Å². The normalized spacial score (nSPS) is 20.2. The van der Waals surface area contributed by atoms with E-state index >= 15 is 0 Å². The van der Waals surface area contributed by atoms with Crippen molar-refractivity contribution in [3.05, 3.63) is 29.8 Å². The third-order valence-corrected chi connectivity index (χ3v) is 2.13. The molecule has 2 rings (SSSR count). The maximum atomic E-state index is 9.64. The second kappa shape index (κ2) is 3.18. The SMILES string of the molecule is CCC1=NC(O)c2ccccc2N1. The smallest absolute Gasteiger partial charge is 0.175 e. The van der Waals surface area contributed by atoms with Gasteiger partial charge in [0.15, 0.2) is 6.23 Å². The zero-order chi connectivity index (χ0) is 9.26. The van der Waals surface area contributed by atoms with Crippen LogP contribution in [0.2, 0.25) is 0 Å². The first kappa shape index (κ1) is 8.26. The van der Waals surface area contributed by atoms with Gasteiger partial charge in [0, 0.05) is 17.7 Å². The standard InChI is InChI=1S/C10H12N2O/c1-2-9-11-8-6-4-3-5-7(8)10(13)12-9/h3-6,10,13H,2H2,1H3,(H,11,12). The lowest BCUT2D eigenvalue weighted by atomic mass is 10.1. The first-order valence-electron chi connectivity index (χ1n) is 4.42. The largest absolute Gasteiger partial charge is 0.368 e. The Labute approximate surface area is 77.1 Å². The number of aliphatic imine (C=N–C) groups is 1. The Hall–Kier alpha value is -1.35. The van der Waals surface area contributed by atoms with Crippen LogP contribution in [0.3, 0.4) is 0 Å². The number of nitrogens with zero attached hydrogens (tertiary/aromatic N) is 1. The van der Waals surface area contributed by atoms with Crippen molar-refractivity contribution in [3.8, 4) is 0 Å². The molecule has 0 aliphatic carbocycles. The molecule has 1 unspecified atom stereocenters. The van der Waals surface area contributed by atoms with E-state index in [4.69, 9.17) is 0 Å². The maximum Gasteiger partial charge on any atom is 0.175 e. The number of hydrogen-bond donors (Lipinski definition) is 2. The van der Waals surface area contributed by atoms with Crippen LogP contribution in [0.25, 0.3) is 0 Å². The quantitative estimate of drug-likeness (QED) is 0.686. The summed E-state index contributed by atoms with van der Waals surface area (Å²) < 4.78 is 0. The Kier molecular flexibility index (Phi) is 2.02. The van der Waals surface area contributed by atoms with Crippen LogP contribution >= 0.6 is 0 Å². The number of rotatable bonds is 1. The van der Waals surface area contributed by atoms with Gasteiger partial charge in [0.1, 0.15) is 5.84 Å². The predicted molar refractivity (Wildman–Crippen MR) is 52.8 cm³/mol. The molecule has 1 aromatic rings. The van der Waals surface area contributed by atoms with Gasteiger partial charge >= 0.3 is 0 Å². The molecule has 13 heavy (non-hydrogen) atoms. The molecule has 0 fully saturated rings. The van der Waals surface area contributed by atoms with Crippen molar-refractivity contribution in [3.63, 3.8) is 0 Å². The van der Waals surface area contributed by atoms with Crippen molar-refractivity contribution < 1.29 is 5.11 Å². The molecule has 1 aromatic carbocycles. The van der Waals surface area contributed by atoms with Gasteiger partial charge in [-0.1, -0.05) is 25.1 Å². The third-order valence-electron chi connectivity index (χ3n) is 2.13. The van der Waals surface area contributed by atoms with Gasteiger partial charge in [0.05, 0.1) is 0 Å². The third kappa shape index (κ3) is 1.42. The summed E-state index contributed by atoms with van der Waals surface area (Å²) in [6, 6.07) is 7.67. The van der Waals surface area contributed by atoms with Gasteiger partial charge in [-0.2, -0.15) is 0 Å². The molecule has 0 saturated carbocycles. The Balaban J connectivity index is 2.40.